The summed E-state index contributed by atoms with van der Waals surface area (Å²) in [6.07, 6.45) is 1.96. The molecule has 0 unspecified atom stereocenters. The number of sulfone groups is 1. The molecule has 0 radical (unpaired) electrons. The Kier molecular flexibility index (Phi) is 6.15. The number of hydrogen-bond donors (Lipinski definition) is 1. The highest BCUT2D eigenvalue weighted by Gasteiger charge is 2.11. The lowest BCUT2D eigenvalue weighted by Gasteiger charge is -2.07. The Labute approximate surface area is 167 Å². The number of thiazole rings is 1. The van der Waals surface area contributed by atoms with Gasteiger partial charge in [-0.2, -0.15) is 0 Å². The van der Waals surface area contributed by atoms with Crippen molar-refractivity contribution >= 4 is 42.4 Å². The van der Waals surface area contributed by atoms with E-state index in [1.807, 2.05) is 18.2 Å². The Morgan fingerprint density at radius 1 is 1.18 bits per heavy atom. The third-order valence-electron chi connectivity index (χ3n) is 3.92. The fraction of sp³-hybridized carbons (Fsp3) is 0.263. The molecule has 0 fully saturated rings. The van der Waals surface area contributed by atoms with Gasteiger partial charge in [-0.15, -0.1) is 0 Å². The molecule has 0 atom stereocenters. The number of para-hydroxylation sites is 1. The quantitative estimate of drug-likeness (QED) is 0.561. The zero-order chi connectivity index (χ0) is 20.1. The van der Waals surface area contributed by atoms with E-state index in [0.29, 0.717) is 29.7 Å². The lowest BCUT2D eigenvalue weighted by atomic mass is 10.3. The fourth-order valence-corrected chi connectivity index (χ4v) is 4.06. The molecule has 0 saturated carbocycles. The first-order valence-corrected chi connectivity index (χ1v) is 11.2. The summed E-state index contributed by atoms with van der Waals surface area (Å²) in [7, 11) is -1.64. The molecule has 0 aliphatic rings. The van der Waals surface area contributed by atoms with Crippen LogP contribution in [-0.2, 0) is 14.6 Å². The van der Waals surface area contributed by atoms with Gasteiger partial charge in [0.2, 0.25) is 5.91 Å². The maximum atomic E-state index is 12.1. The van der Waals surface area contributed by atoms with Gasteiger partial charge in [0, 0.05) is 12.7 Å². The summed E-state index contributed by atoms with van der Waals surface area (Å²) in [4.78, 5) is 16.8. The predicted molar refractivity (Wildman–Crippen MR) is 109 cm³/mol. The first-order valence-electron chi connectivity index (χ1n) is 8.53. The number of benzene rings is 2. The molecule has 2 aromatic carbocycles. The number of methoxy groups -OCH3 is 1. The molecular formula is C19H20N2O5S2. The molecule has 3 aromatic rings. The number of amides is 1. The smallest absolute Gasteiger partial charge is 0.226 e. The number of carbonyl (C=O) groups excluding carboxylic acids is 1. The highest BCUT2D eigenvalue weighted by atomic mass is 32.2. The van der Waals surface area contributed by atoms with E-state index in [1.54, 1.807) is 19.2 Å². The van der Waals surface area contributed by atoms with Crippen LogP contribution in [0.3, 0.4) is 0 Å². The number of ether oxygens (including phenoxy) is 2. The van der Waals surface area contributed by atoms with Crippen molar-refractivity contribution in [3.8, 4) is 11.5 Å². The molecule has 0 spiro atoms. The van der Waals surface area contributed by atoms with Gasteiger partial charge in [-0.3, -0.25) is 4.79 Å². The molecule has 0 aliphatic heterocycles. The maximum Gasteiger partial charge on any atom is 0.226 e. The number of anilines is 1. The molecule has 0 aliphatic carbocycles. The SMILES string of the molecule is COc1cccc2sc(NC(=O)CCCOc3ccc(S(C)(=O)=O)cc3)nc12. The predicted octanol–water partition coefficient (Wildman–Crippen LogP) is 3.51. The third kappa shape index (κ3) is 4.99. The van der Waals surface area contributed by atoms with Crippen molar-refractivity contribution in [2.24, 2.45) is 0 Å². The van der Waals surface area contributed by atoms with Crippen molar-refractivity contribution in [1.82, 2.24) is 4.98 Å². The van der Waals surface area contributed by atoms with E-state index in [9.17, 15) is 13.2 Å². The number of rotatable bonds is 8. The highest BCUT2D eigenvalue weighted by Crippen LogP contribution is 2.32. The van der Waals surface area contributed by atoms with Gasteiger partial charge >= 0.3 is 0 Å². The molecule has 1 N–H and O–H groups in total. The van der Waals surface area contributed by atoms with Crippen LogP contribution in [0, 0.1) is 0 Å². The first kappa shape index (κ1) is 20.1. The van der Waals surface area contributed by atoms with Crippen LogP contribution < -0.4 is 14.8 Å². The van der Waals surface area contributed by atoms with Gasteiger partial charge < -0.3 is 14.8 Å². The van der Waals surface area contributed by atoms with Gasteiger partial charge in [-0.1, -0.05) is 17.4 Å². The molecule has 1 amide bonds. The van der Waals surface area contributed by atoms with E-state index in [4.69, 9.17) is 9.47 Å². The van der Waals surface area contributed by atoms with Gasteiger partial charge in [-0.05, 0) is 42.8 Å². The topological polar surface area (TPSA) is 94.6 Å². The number of nitrogens with one attached hydrogen (secondary N) is 1. The molecule has 0 saturated heterocycles. The van der Waals surface area contributed by atoms with Crippen molar-refractivity contribution in [3.63, 3.8) is 0 Å². The number of nitrogens with zero attached hydrogens (tertiary/aromatic N) is 1. The van der Waals surface area contributed by atoms with Crippen LogP contribution in [0.25, 0.3) is 10.2 Å². The number of hydrogen-bond acceptors (Lipinski definition) is 7. The van der Waals surface area contributed by atoms with Gasteiger partial charge in [0.25, 0.3) is 0 Å². The van der Waals surface area contributed by atoms with Crippen molar-refractivity contribution < 1.29 is 22.7 Å². The van der Waals surface area contributed by atoms with Crippen LogP contribution in [0.4, 0.5) is 5.13 Å². The van der Waals surface area contributed by atoms with E-state index in [2.05, 4.69) is 10.3 Å². The lowest BCUT2D eigenvalue weighted by Crippen LogP contribution is -2.12. The molecule has 3 rings (SSSR count). The van der Waals surface area contributed by atoms with Crippen LogP contribution >= 0.6 is 11.3 Å². The maximum absolute atomic E-state index is 12.1. The van der Waals surface area contributed by atoms with Crippen LogP contribution in [0.2, 0.25) is 0 Å². The summed E-state index contributed by atoms with van der Waals surface area (Å²) in [6, 6.07) is 11.8. The second-order valence-electron chi connectivity index (χ2n) is 6.07. The highest BCUT2D eigenvalue weighted by molar-refractivity contribution is 7.90. The Balaban J connectivity index is 1.47. The molecule has 7 nitrogen and oxygen atoms in total. The average molecular weight is 421 g/mol. The number of fused-ring (bicyclic) bond motifs is 1. The first-order chi connectivity index (χ1) is 13.4. The molecule has 1 heterocycles. The lowest BCUT2D eigenvalue weighted by molar-refractivity contribution is -0.116. The normalized spacial score (nSPS) is 11.4. The summed E-state index contributed by atoms with van der Waals surface area (Å²) in [5.41, 5.74) is 0.728. The van der Waals surface area contributed by atoms with Crippen LogP contribution in [0.5, 0.6) is 11.5 Å². The van der Waals surface area contributed by atoms with Gasteiger partial charge in [0.15, 0.2) is 15.0 Å². The summed E-state index contributed by atoms with van der Waals surface area (Å²) < 4.78 is 34.6. The zero-order valence-electron chi connectivity index (χ0n) is 15.5. The minimum absolute atomic E-state index is 0.144. The van der Waals surface area contributed by atoms with Gasteiger partial charge in [0.1, 0.15) is 17.0 Å². The van der Waals surface area contributed by atoms with E-state index in [1.165, 1.54) is 23.5 Å². The second-order valence-corrected chi connectivity index (χ2v) is 9.12. The second kappa shape index (κ2) is 8.57. The monoisotopic (exact) mass is 420 g/mol. The summed E-state index contributed by atoms with van der Waals surface area (Å²) >= 11 is 1.39. The van der Waals surface area contributed by atoms with E-state index >= 15 is 0 Å². The molecular weight excluding hydrogens is 400 g/mol. The molecule has 28 heavy (non-hydrogen) atoms. The number of carbonyl (C=O) groups is 1. The third-order valence-corrected chi connectivity index (χ3v) is 5.98. The summed E-state index contributed by atoms with van der Waals surface area (Å²) in [5.74, 6) is 1.09. The minimum Gasteiger partial charge on any atom is -0.494 e. The Morgan fingerprint density at radius 2 is 1.93 bits per heavy atom. The Hall–Kier alpha value is -2.65. The van der Waals surface area contributed by atoms with Crippen LogP contribution in [0.1, 0.15) is 12.8 Å². The number of aromatic nitrogens is 1. The fourth-order valence-electron chi connectivity index (χ4n) is 2.53. The molecule has 148 valence electrons. The molecule has 9 heteroatoms. The van der Waals surface area contributed by atoms with Crippen molar-refractivity contribution in [3.05, 3.63) is 42.5 Å². The van der Waals surface area contributed by atoms with Crippen LogP contribution in [-0.4, -0.2) is 39.3 Å². The van der Waals surface area contributed by atoms with Crippen molar-refractivity contribution in [1.29, 1.82) is 0 Å². The van der Waals surface area contributed by atoms with Crippen molar-refractivity contribution in [2.45, 2.75) is 17.7 Å². The van der Waals surface area contributed by atoms with E-state index < -0.39 is 9.84 Å². The molecule has 1 aromatic heterocycles. The zero-order valence-corrected chi connectivity index (χ0v) is 17.1. The minimum atomic E-state index is -3.22. The average Bonchev–Trinajstić information content (AvgIpc) is 3.07. The Bertz CT molecular complexity index is 1080. The summed E-state index contributed by atoms with van der Waals surface area (Å²) in [6.45, 7) is 0.347. The van der Waals surface area contributed by atoms with Gasteiger partial charge in [0.05, 0.1) is 23.3 Å². The molecule has 0 bridgehead atoms. The standard InChI is InChI=1S/C19H20N2O5S2/c1-25-15-5-3-6-16-18(15)21-19(27-16)20-17(22)7-4-12-26-13-8-10-14(11-9-13)28(2,23)24/h3,5-6,8-11H,4,7,12H2,1-2H3,(H,20,21,22). The largest absolute Gasteiger partial charge is 0.494 e. The van der Waals surface area contributed by atoms with Gasteiger partial charge in [-0.25, -0.2) is 13.4 Å². The van der Waals surface area contributed by atoms with Crippen molar-refractivity contribution in [2.75, 3.05) is 25.3 Å². The van der Waals surface area contributed by atoms with E-state index in [0.717, 1.165) is 16.5 Å². The van der Waals surface area contributed by atoms with Crippen LogP contribution in [0.15, 0.2) is 47.4 Å². The Morgan fingerprint density at radius 3 is 2.61 bits per heavy atom. The van der Waals surface area contributed by atoms with E-state index in [-0.39, 0.29) is 17.2 Å². The summed E-state index contributed by atoms with van der Waals surface area (Å²) in [5, 5.41) is 3.33.